The van der Waals surface area contributed by atoms with Gasteiger partial charge in [-0.15, -0.1) is 11.3 Å². The van der Waals surface area contributed by atoms with Crippen molar-refractivity contribution >= 4 is 45.0 Å². The zero-order valence-corrected chi connectivity index (χ0v) is 20.0. The summed E-state index contributed by atoms with van der Waals surface area (Å²) in [6.07, 6.45) is 2.64. The van der Waals surface area contributed by atoms with Crippen molar-refractivity contribution in [1.29, 1.82) is 0 Å². The van der Waals surface area contributed by atoms with E-state index in [2.05, 4.69) is 5.32 Å². The maximum absolute atomic E-state index is 12.8. The topological polar surface area (TPSA) is 90.9 Å². The molecule has 0 fully saturated rings. The van der Waals surface area contributed by atoms with Crippen molar-refractivity contribution in [2.45, 2.75) is 45.6 Å². The molecule has 1 heterocycles. The molecule has 0 aliphatic heterocycles. The molecule has 34 heavy (non-hydrogen) atoms. The Balaban J connectivity index is 1.39. The number of aryl methyl sites for hydroxylation is 1. The Morgan fingerprint density at radius 2 is 1.82 bits per heavy atom. The Labute approximate surface area is 202 Å². The van der Waals surface area contributed by atoms with Gasteiger partial charge in [-0.25, -0.2) is 9.59 Å². The first-order valence-electron chi connectivity index (χ1n) is 11.4. The molecule has 178 valence electrons. The molecule has 3 aromatic rings. The molecule has 0 spiro atoms. The molecule has 1 aliphatic carbocycles. The number of fused-ring (bicyclic) bond motifs is 2. The first-order valence-corrected chi connectivity index (χ1v) is 12.2. The van der Waals surface area contributed by atoms with Crippen molar-refractivity contribution in [3.8, 4) is 5.75 Å². The quantitative estimate of drug-likeness (QED) is 0.460. The predicted molar refractivity (Wildman–Crippen MR) is 131 cm³/mol. The SMILES string of the molecule is CCOC(=O)c1c(NC(=O)C(C)OC(=O)COc2cccc3ccccc23)sc2c1CCCC2. The van der Waals surface area contributed by atoms with E-state index in [0.29, 0.717) is 16.3 Å². The number of amides is 1. The lowest BCUT2D eigenvalue weighted by Crippen LogP contribution is -2.32. The second-order valence-electron chi connectivity index (χ2n) is 8.02. The number of esters is 2. The minimum Gasteiger partial charge on any atom is -0.481 e. The zero-order chi connectivity index (χ0) is 24.1. The molecule has 1 atom stereocenters. The standard InChI is InChI=1S/C26H27NO6S/c1-3-31-26(30)23-19-12-6-7-14-21(19)34-25(23)27-24(29)16(2)33-22(28)15-32-20-13-8-10-17-9-4-5-11-18(17)20/h4-5,8-11,13,16H,3,6-7,12,14-15H2,1-2H3,(H,27,29). The molecular formula is C26H27NO6S. The Kier molecular flexibility index (Phi) is 7.47. The van der Waals surface area contributed by atoms with Crippen molar-refractivity contribution < 1.29 is 28.6 Å². The van der Waals surface area contributed by atoms with Gasteiger partial charge in [0.25, 0.3) is 5.91 Å². The summed E-state index contributed by atoms with van der Waals surface area (Å²) in [6, 6.07) is 13.3. The van der Waals surface area contributed by atoms with E-state index in [1.807, 2.05) is 36.4 Å². The van der Waals surface area contributed by atoms with E-state index in [1.165, 1.54) is 18.3 Å². The van der Waals surface area contributed by atoms with Crippen LogP contribution in [0.2, 0.25) is 0 Å². The predicted octanol–water partition coefficient (Wildman–Crippen LogP) is 4.91. The third-order valence-electron chi connectivity index (χ3n) is 5.66. The van der Waals surface area contributed by atoms with Crippen LogP contribution < -0.4 is 10.1 Å². The number of nitrogens with one attached hydrogen (secondary N) is 1. The number of thiophene rings is 1. The van der Waals surface area contributed by atoms with Crippen LogP contribution in [-0.4, -0.2) is 37.2 Å². The lowest BCUT2D eigenvalue weighted by Gasteiger charge is -2.15. The molecule has 2 aromatic carbocycles. The monoisotopic (exact) mass is 481 g/mol. The third kappa shape index (κ3) is 5.22. The van der Waals surface area contributed by atoms with Gasteiger partial charge in [-0.05, 0) is 56.5 Å². The average molecular weight is 482 g/mol. The Morgan fingerprint density at radius 1 is 1.06 bits per heavy atom. The molecule has 0 saturated carbocycles. The largest absolute Gasteiger partial charge is 0.481 e. The van der Waals surface area contributed by atoms with Crippen LogP contribution in [0, 0.1) is 0 Å². The molecule has 1 aliphatic rings. The van der Waals surface area contributed by atoms with Gasteiger partial charge in [0.2, 0.25) is 0 Å². The average Bonchev–Trinajstić information content (AvgIpc) is 3.20. The van der Waals surface area contributed by atoms with E-state index < -0.39 is 23.9 Å². The van der Waals surface area contributed by atoms with E-state index in [9.17, 15) is 14.4 Å². The van der Waals surface area contributed by atoms with Crippen molar-refractivity contribution in [2.75, 3.05) is 18.5 Å². The van der Waals surface area contributed by atoms with Crippen LogP contribution in [0.4, 0.5) is 5.00 Å². The van der Waals surface area contributed by atoms with Gasteiger partial charge in [-0.3, -0.25) is 4.79 Å². The molecule has 1 N–H and O–H groups in total. The summed E-state index contributed by atoms with van der Waals surface area (Å²) in [5.41, 5.74) is 1.38. The fourth-order valence-electron chi connectivity index (χ4n) is 4.03. The van der Waals surface area contributed by atoms with Crippen LogP contribution >= 0.6 is 11.3 Å². The number of carbonyl (C=O) groups excluding carboxylic acids is 3. The maximum atomic E-state index is 12.8. The maximum Gasteiger partial charge on any atom is 0.344 e. The van der Waals surface area contributed by atoms with Gasteiger partial charge in [0.15, 0.2) is 12.7 Å². The lowest BCUT2D eigenvalue weighted by molar-refractivity contribution is -0.155. The Hall–Kier alpha value is -3.39. The second kappa shape index (κ2) is 10.7. The van der Waals surface area contributed by atoms with Gasteiger partial charge in [0.1, 0.15) is 10.8 Å². The number of benzene rings is 2. The van der Waals surface area contributed by atoms with E-state index in [1.54, 1.807) is 13.0 Å². The van der Waals surface area contributed by atoms with Crippen molar-refractivity contribution in [3.05, 3.63) is 58.5 Å². The molecule has 1 aromatic heterocycles. The van der Waals surface area contributed by atoms with E-state index in [0.717, 1.165) is 46.9 Å². The number of ether oxygens (including phenoxy) is 3. The third-order valence-corrected chi connectivity index (χ3v) is 6.87. The van der Waals surface area contributed by atoms with Crippen LogP contribution in [0.25, 0.3) is 10.8 Å². The van der Waals surface area contributed by atoms with E-state index in [4.69, 9.17) is 14.2 Å². The van der Waals surface area contributed by atoms with E-state index >= 15 is 0 Å². The summed E-state index contributed by atoms with van der Waals surface area (Å²) in [6.45, 7) is 3.16. The highest BCUT2D eigenvalue weighted by atomic mass is 32.1. The highest BCUT2D eigenvalue weighted by Crippen LogP contribution is 2.38. The number of rotatable bonds is 8. The molecule has 7 nitrogen and oxygen atoms in total. The van der Waals surface area contributed by atoms with Gasteiger partial charge in [0, 0.05) is 10.3 Å². The van der Waals surface area contributed by atoms with Crippen LogP contribution in [0.15, 0.2) is 42.5 Å². The summed E-state index contributed by atoms with van der Waals surface area (Å²) < 4.78 is 16.1. The number of hydrogen-bond acceptors (Lipinski definition) is 7. The molecule has 0 saturated heterocycles. The van der Waals surface area contributed by atoms with Gasteiger partial charge in [-0.2, -0.15) is 0 Å². The molecule has 4 rings (SSSR count). The Bertz CT molecular complexity index is 1210. The molecule has 1 unspecified atom stereocenters. The smallest absolute Gasteiger partial charge is 0.344 e. The van der Waals surface area contributed by atoms with Gasteiger partial charge in [-0.1, -0.05) is 36.4 Å². The van der Waals surface area contributed by atoms with Crippen LogP contribution in [0.1, 0.15) is 47.5 Å². The number of carbonyl (C=O) groups is 3. The fraction of sp³-hybridized carbons (Fsp3) is 0.346. The molecular weight excluding hydrogens is 454 g/mol. The van der Waals surface area contributed by atoms with Gasteiger partial charge in [0.05, 0.1) is 12.2 Å². The summed E-state index contributed by atoms with van der Waals surface area (Å²) in [4.78, 5) is 38.8. The minimum atomic E-state index is -1.06. The van der Waals surface area contributed by atoms with Crippen molar-refractivity contribution in [1.82, 2.24) is 0 Å². The highest BCUT2D eigenvalue weighted by Gasteiger charge is 2.29. The highest BCUT2D eigenvalue weighted by molar-refractivity contribution is 7.17. The van der Waals surface area contributed by atoms with Crippen molar-refractivity contribution in [2.24, 2.45) is 0 Å². The van der Waals surface area contributed by atoms with Crippen molar-refractivity contribution in [3.63, 3.8) is 0 Å². The minimum absolute atomic E-state index is 0.252. The summed E-state index contributed by atoms with van der Waals surface area (Å²) >= 11 is 1.39. The second-order valence-corrected chi connectivity index (χ2v) is 9.13. The number of hydrogen-bond donors (Lipinski definition) is 1. The molecule has 0 bridgehead atoms. The van der Waals surface area contributed by atoms with Gasteiger partial charge < -0.3 is 19.5 Å². The fourth-order valence-corrected chi connectivity index (χ4v) is 5.31. The molecule has 8 heteroatoms. The Morgan fingerprint density at radius 3 is 2.65 bits per heavy atom. The van der Waals surface area contributed by atoms with Crippen LogP contribution in [-0.2, 0) is 31.9 Å². The first kappa shape index (κ1) is 23.8. The van der Waals surface area contributed by atoms with Crippen LogP contribution in [0.5, 0.6) is 5.75 Å². The van der Waals surface area contributed by atoms with Crippen LogP contribution in [0.3, 0.4) is 0 Å². The molecule has 1 amide bonds. The normalized spacial score (nSPS) is 13.6. The zero-order valence-electron chi connectivity index (χ0n) is 19.2. The van der Waals surface area contributed by atoms with E-state index in [-0.39, 0.29) is 13.2 Å². The lowest BCUT2D eigenvalue weighted by atomic mass is 9.95. The summed E-state index contributed by atoms with van der Waals surface area (Å²) in [5.74, 6) is -1.05. The summed E-state index contributed by atoms with van der Waals surface area (Å²) in [5, 5.41) is 5.10. The number of anilines is 1. The first-order chi connectivity index (χ1) is 16.5. The molecule has 0 radical (unpaired) electrons. The summed E-state index contributed by atoms with van der Waals surface area (Å²) in [7, 11) is 0. The van der Waals surface area contributed by atoms with Gasteiger partial charge >= 0.3 is 11.9 Å².